The first-order chi connectivity index (χ1) is 15.1. The third kappa shape index (κ3) is 7.37. The van der Waals surface area contributed by atoms with Crippen molar-refractivity contribution in [2.24, 2.45) is 0 Å². The number of carboxylic acid groups (broad SMARTS) is 1. The molecule has 0 amide bonds. The fraction of sp³-hybridized carbons (Fsp3) is 0.429. The Morgan fingerprint density at radius 3 is 2.12 bits per heavy atom. The van der Waals surface area contributed by atoms with Crippen LogP contribution < -0.4 is 4.74 Å². The standard InChI is InChI=1S/C28H36O4/c1-6-7-8-9-10-11-22-12-15-24(16-13-22)25(29)17-14-23-18-20(2)26(21(3)19-23)32-28(4,5)27(30)31/h12-19H,6-11H2,1-5H3,(H,30,31). The Balaban J connectivity index is 2.02. The number of hydrogen-bond donors (Lipinski definition) is 1. The van der Waals surface area contributed by atoms with E-state index in [1.54, 1.807) is 12.2 Å². The highest BCUT2D eigenvalue weighted by atomic mass is 16.5. The lowest BCUT2D eigenvalue weighted by Crippen LogP contribution is -2.38. The van der Waals surface area contributed by atoms with E-state index >= 15 is 0 Å². The fourth-order valence-electron chi connectivity index (χ4n) is 3.58. The van der Waals surface area contributed by atoms with Gasteiger partial charge in [0.15, 0.2) is 11.4 Å². The molecule has 32 heavy (non-hydrogen) atoms. The first kappa shape index (κ1) is 25.4. The number of aryl methyl sites for hydroxylation is 3. The molecule has 0 aliphatic carbocycles. The molecule has 172 valence electrons. The Labute approximate surface area is 192 Å². The summed E-state index contributed by atoms with van der Waals surface area (Å²) >= 11 is 0. The Hall–Kier alpha value is -2.88. The van der Waals surface area contributed by atoms with E-state index in [2.05, 4.69) is 6.92 Å². The number of carbonyl (C=O) groups is 2. The molecular weight excluding hydrogens is 400 g/mol. The molecule has 0 saturated heterocycles. The molecule has 0 aliphatic rings. The Kier molecular flexibility index (Phi) is 9.25. The Morgan fingerprint density at radius 1 is 0.969 bits per heavy atom. The second kappa shape index (κ2) is 11.7. The van der Waals surface area contributed by atoms with Crippen LogP contribution in [-0.4, -0.2) is 22.5 Å². The first-order valence-corrected chi connectivity index (χ1v) is 11.5. The first-order valence-electron chi connectivity index (χ1n) is 11.5. The van der Waals surface area contributed by atoms with E-state index in [1.165, 1.54) is 51.5 Å². The maximum atomic E-state index is 12.6. The zero-order valence-electron chi connectivity index (χ0n) is 20.0. The maximum absolute atomic E-state index is 12.6. The van der Waals surface area contributed by atoms with Crippen molar-refractivity contribution in [1.82, 2.24) is 0 Å². The van der Waals surface area contributed by atoms with E-state index in [1.807, 2.05) is 50.2 Å². The summed E-state index contributed by atoms with van der Waals surface area (Å²) in [7, 11) is 0. The third-order valence-electron chi connectivity index (χ3n) is 5.59. The van der Waals surface area contributed by atoms with Gasteiger partial charge in [-0.15, -0.1) is 0 Å². The van der Waals surface area contributed by atoms with Gasteiger partial charge in [-0.3, -0.25) is 4.79 Å². The number of aliphatic carboxylic acids is 1. The van der Waals surface area contributed by atoms with Gasteiger partial charge in [-0.1, -0.05) is 62.9 Å². The zero-order chi connectivity index (χ0) is 23.7. The average molecular weight is 437 g/mol. The maximum Gasteiger partial charge on any atom is 0.347 e. The summed E-state index contributed by atoms with van der Waals surface area (Å²) in [6.07, 6.45) is 10.7. The van der Waals surface area contributed by atoms with E-state index in [-0.39, 0.29) is 5.78 Å². The lowest BCUT2D eigenvalue weighted by Gasteiger charge is -2.24. The Bertz CT molecular complexity index is 929. The van der Waals surface area contributed by atoms with Gasteiger partial charge in [-0.2, -0.15) is 0 Å². The number of carbonyl (C=O) groups excluding carboxylic acids is 1. The number of ether oxygens (including phenoxy) is 1. The van der Waals surface area contributed by atoms with E-state index in [0.717, 1.165) is 23.1 Å². The summed E-state index contributed by atoms with van der Waals surface area (Å²) in [5.74, 6) is -0.498. The van der Waals surface area contributed by atoms with E-state index in [4.69, 9.17) is 4.74 Å². The molecule has 2 rings (SSSR count). The Morgan fingerprint density at radius 2 is 1.56 bits per heavy atom. The van der Waals surface area contributed by atoms with Crippen LogP contribution in [0.25, 0.3) is 6.08 Å². The molecule has 1 N–H and O–H groups in total. The highest BCUT2D eigenvalue weighted by Gasteiger charge is 2.30. The monoisotopic (exact) mass is 436 g/mol. The highest BCUT2D eigenvalue weighted by Crippen LogP contribution is 2.29. The largest absolute Gasteiger partial charge is 0.478 e. The number of ketones is 1. The van der Waals surface area contributed by atoms with Crippen LogP contribution in [0.1, 0.15) is 85.5 Å². The molecule has 4 nitrogen and oxygen atoms in total. The average Bonchev–Trinajstić information content (AvgIpc) is 2.75. The van der Waals surface area contributed by atoms with Gasteiger partial charge in [0.1, 0.15) is 5.75 Å². The van der Waals surface area contributed by atoms with Gasteiger partial charge in [0.2, 0.25) is 0 Å². The van der Waals surface area contributed by atoms with E-state index < -0.39 is 11.6 Å². The molecule has 4 heteroatoms. The lowest BCUT2D eigenvalue weighted by molar-refractivity contribution is -0.152. The van der Waals surface area contributed by atoms with Crippen molar-refractivity contribution in [3.05, 3.63) is 70.3 Å². The SMILES string of the molecule is CCCCCCCc1ccc(C(=O)C=Cc2cc(C)c(OC(C)(C)C(=O)O)c(C)c2)cc1. The molecule has 0 aliphatic heterocycles. The van der Waals surface area contributed by atoms with Crippen LogP contribution in [0, 0.1) is 13.8 Å². The van der Waals surface area contributed by atoms with Crippen molar-refractivity contribution in [3.8, 4) is 5.75 Å². The third-order valence-corrected chi connectivity index (χ3v) is 5.59. The van der Waals surface area contributed by atoms with Gasteiger partial charge in [0, 0.05) is 5.56 Å². The van der Waals surface area contributed by atoms with Crippen LogP contribution in [0.3, 0.4) is 0 Å². The minimum Gasteiger partial charge on any atom is -0.478 e. The molecule has 2 aromatic carbocycles. The molecule has 0 radical (unpaired) electrons. The fourth-order valence-corrected chi connectivity index (χ4v) is 3.58. The van der Waals surface area contributed by atoms with Gasteiger partial charge < -0.3 is 9.84 Å². The van der Waals surface area contributed by atoms with Crippen molar-refractivity contribution >= 4 is 17.8 Å². The second-order valence-corrected chi connectivity index (χ2v) is 8.96. The smallest absolute Gasteiger partial charge is 0.347 e. The molecule has 0 fully saturated rings. The minimum absolute atomic E-state index is 0.0397. The molecule has 0 spiro atoms. The molecule has 0 aromatic heterocycles. The summed E-state index contributed by atoms with van der Waals surface area (Å²) in [5.41, 5.74) is 3.16. The molecule has 0 heterocycles. The number of benzene rings is 2. The lowest BCUT2D eigenvalue weighted by atomic mass is 10.0. The van der Waals surface area contributed by atoms with Crippen molar-refractivity contribution in [2.75, 3.05) is 0 Å². The van der Waals surface area contributed by atoms with E-state index in [0.29, 0.717) is 11.3 Å². The molecule has 2 aromatic rings. The molecular formula is C28H36O4. The highest BCUT2D eigenvalue weighted by molar-refractivity contribution is 6.06. The predicted octanol–water partition coefficient (Wildman–Crippen LogP) is 6.95. The topological polar surface area (TPSA) is 63.6 Å². The number of hydrogen-bond acceptors (Lipinski definition) is 3. The minimum atomic E-state index is -1.31. The van der Waals surface area contributed by atoms with Gasteiger partial charge in [0.05, 0.1) is 0 Å². The molecule has 0 saturated carbocycles. The molecule has 0 atom stereocenters. The summed E-state index contributed by atoms with van der Waals surface area (Å²) in [6.45, 7) is 9.02. The van der Waals surface area contributed by atoms with Crippen LogP contribution in [0.5, 0.6) is 5.75 Å². The molecule has 0 unspecified atom stereocenters. The molecule has 0 bridgehead atoms. The zero-order valence-corrected chi connectivity index (χ0v) is 20.0. The van der Waals surface area contributed by atoms with Crippen molar-refractivity contribution < 1.29 is 19.4 Å². The number of carboxylic acids is 1. The van der Waals surface area contributed by atoms with Crippen LogP contribution >= 0.6 is 0 Å². The number of rotatable bonds is 12. The quantitative estimate of drug-likeness (QED) is 0.222. The summed E-state index contributed by atoms with van der Waals surface area (Å²) < 4.78 is 5.74. The van der Waals surface area contributed by atoms with Crippen molar-refractivity contribution in [2.45, 2.75) is 78.7 Å². The van der Waals surface area contributed by atoms with Gasteiger partial charge in [0.25, 0.3) is 0 Å². The van der Waals surface area contributed by atoms with Crippen LogP contribution in [-0.2, 0) is 11.2 Å². The van der Waals surface area contributed by atoms with Crippen molar-refractivity contribution in [1.29, 1.82) is 0 Å². The summed E-state index contributed by atoms with van der Waals surface area (Å²) in [6, 6.07) is 11.7. The van der Waals surface area contributed by atoms with E-state index in [9.17, 15) is 14.7 Å². The predicted molar refractivity (Wildman–Crippen MR) is 131 cm³/mol. The number of allylic oxidation sites excluding steroid dienone is 1. The van der Waals surface area contributed by atoms with Crippen LogP contribution in [0.2, 0.25) is 0 Å². The van der Waals surface area contributed by atoms with Gasteiger partial charge in [-0.25, -0.2) is 4.79 Å². The van der Waals surface area contributed by atoms with Gasteiger partial charge in [-0.05, 0) is 81.0 Å². The van der Waals surface area contributed by atoms with Gasteiger partial charge >= 0.3 is 5.97 Å². The van der Waals surface area contributed by atoms with Crippen molar-refractivity contribution in [3.63, 3.8) is 0 Å². The normalized spacial score (nSPS) is 11.7. The summed E-state index contributed by atoms with van der Waals surface area (Å²) in [4.78, 5) is 23.9. The van der Waals surface area contributed by atoms with Crippen LogP contribution in [0.15, 0.2) is 42.5 Å². The van der Waals surface area contributed by atoms with Crippen LogP contribution in [0.4, 0.5) is 0 Å². The summed E-state index contributed by atoms with van der Waals surface area (Å²) in [5, 5.41) is 9.31. The second-order valence-electron chi connectivity index (χ2n) is 8.96. The number of unbranched alkanes of at least 4 members (excludes halogenated alkanes) is 4.